The molecule has 1 amide bonds. The van der Waals surface area contributed by atoms with Crippen LogP contribution in [0.3, 0.4) is 0 Å². The molecule has 2 rings (SSSR count). The molecule has 0 aromatic heterocycles. The minimum atomic E-state index is -0.393. The Morgan fingerprint density at radius 3 is 2.60 bits per heavy atom. The Labute approximate surface area is 117 Å². The molecule has 2 N–H and O–H groups in total. The minimum absolute atomic E-state index is 0.150. The molecular formula is C16H17FN2O. The number of carbonyl (C=O) groups is 1. The first-order valence-electron chi connectivity index (χ1n) is 6.51. The van der Waals surface area contributed by atoms with E-state index in [0.717, 1.165) is 5.56 Å². The molecule has 0 saturated heterocycles. The molecule has 2 aromatic carbocycles. The second kappa shape index (κ2) is 6.19. The monoisotopic (exact) mass is 272 g/mol. The predicted octanol–water partition coefficient (Wildman–Crippen LogP) is 3.00. The molecule has 0 atom stereocenters. The summed E-state index contributed by atoms with van der Waals surface area (Å²) in [7, 11) is 0. The Morgan fingerprint density at radius 2 is 1.95 bits per heavy atom. The Balaban J connectivity index is 2.20. The van der Waals surface area contributed by atoms with Gasteiger partial charge in [0.15, 0.2) is 0 Å². The summed E-state index contributed by atoms with van der Waals surface area (Å²) in [6, 6.07) is 13.4. The molecule has 2 aromatic rings. The van der Waals surface area contributed by atoms with Gasteiger partial charge in [-0.1, -0.05) is 24.3 Å². The van der Waals surface area contributed by atoms with Gasteiger partial charge < -0.3 is 10.6 Å². The Kier molecular flexibility index (Phi) is 4.35. The average Bonchev–Trinajstić information content (AvgIpc) is 2.41. The first-order chi connectivity index (χ1) is 9.61. The van der Waals surface area contributed by atoms with Crippen molar-refractivity contribution in [1.29, 1.82) is 0 Å². The molecule has 0 aliphatic heterocycles. The highest BCUT2D eigenvalue weighted by Gasteiger charge is 2.17. The highest BCUT2D eigenvalue weighted by Crippen LogP contribution is 2.20. The van der Waals surface area contributed by atoms with Crippen LogP contribution in [0.1, 0.15) is 12.5 Å². The summed E-state index contributed by atoms with van der Waals surface area (Å²) in [6.07, 6.45) is 0.202. The van der Waals surface area contributed by atoms with Crippen molar-refractivity contribution in [3.63, 3.8) is 0 Å². The van der Waals surface area contributed by atoms with E-state index in [1.807, 2.05) is 13.0 Å². The van der Waals surface area contributed by atoms with Crippen LogP contribution in [0.15, 0.2) is 48.5 Å². The van der Waals surface area contributed by atoms with Crippen LogP contribution in [0, 0.1) is 5.82 Å². The molecule has 0 heterocycles. The highest BCUT2D eigenvalue weighted by molar-refractivity contribution is 5.94. The first-order valence-corrected chi connectivity index (χ1v) is 6.51. The van der Waals surface area contributed by atoms with Crippen molar-refractivity contribution in [3.8, 4) is 0 Å². The maximum atomic E-state index is 13.8. The van der Waals surface area contributed by atoms with E-state index in [0.29, 0.717) is 17.9 Å². The van der Waals surface area contributed by atoms with Gasteiger partial charge >= 0.3 is 0 Å². The SMILES string of the molecule is CCN(C(=O)Cc1cccc(N)c1)c1ccccc1F. The molecular weight excluding hydrogens is 255 g/mol. The van der Waals surface area contributed by atoms with E-state index in [1.165, 1.54) is 11.0 Å². The lowest BCUT2D eigenvalue weighted by Crippen LogP contribution is -2.32. The predicted molar refractivity (Wildman–Crippen MR) is 79.0 cm³/mol. The molecule has 20 heavy (non-hydrogen) atoms. The number of para-hydroxylation sites is 1. The van der Waals surface area contributed by atoms with Gasteiger partial charge in [-0.15, -0.1) is 0 Å². The van der Waals surface area contributed by atoms with Crippen molar-refractivity contribution in [3.05, 3.63) is 59.9 Å². The van der Waals surface area contributed by atoms with Crippen LogP contribution in [0.4, 0.5) is 15.8 Å². The molecule has 4 heteroatoms. The van der Waals surface area contributed by atoms with Crippen molar-refractivity contribution < 1.29 is 9.18 Å². The Bertz CT molecular complexity index is 613. The number of amides is 1. The third-order valence-corrected chi connectivity index (χ3v) is 3.07. The van der Waals surface area contributed by atoms with Crippen molar-refractivity contribution in [1.82, 2.24) is 0 Å². The highest BCUT2D eigenvalue weighted by atomic mass is 19.1. The van der Waals surface area contributed by atoms with Crippen LogP contribution in [-0.2, 0) is 11.2 Å². The van der Waals surface area contributed by atoms with Crippen LogP contribution in [-0.4, -0.2) is 12.5 Å². The number of halogens is 1. The molecule has 104 valence electrons. The topological polar surface area (TPSA) is 46.3 Å². The van der Waals surface area contributed by atoms with Crippen molar-refractivity contribution in [2.45, 2.75) is 13.3 Å². The van der Waals surface area contributed by atoms with E-state index < -0.39 is 5.82 Å². The van der Waals surface area contributed by atoms with Crippen LogP contribution in [0.2, 0.25) is 0 Å². The van der Waals surface area contributed by atoms with Crippen LogP contribution in [0.25, 0.3) is 0 Å². The van der Waals surface area contributed by atoms with Crippen molar-refractivity contribution >= 4 is 17.3 Å². The second-order valence-electron chi connectivity index (χ2n) is 4.51. The summed E-state index contributed by atoms with van der Waals surface area (Å²) < 4.78 is 13.8. The summed E-state index contributed by atoms with van der Waals surface area (Å²) >= 11 is 0. The zero-order valence-corrected chi connectivity index (χ0v) is 11.3. The molecule has 3 nitrogen and oxygen atoms in total. The normalized spacial score (nSPS) is 10.3. The number of anilines is 2. The number of hydrogen-bond acceptors (Lipinski definition) is 2. The van der Waals surface area contributed by atoms with Gasteiger partial charge in [0.05, 0.1) is 12.1 Å². The van der Waals surface area contributed by atoms with Gasteiger partial charge in [-0.3, -0.25) is 4.79 Å². The summed E-state index contributed by atoms with van der Waals surface area (Å²) in [5.74, 6) is -0.543. The number of carbonyl (C=O) groups excluding carboxylic acids is 1. The number of nitrogens with zero attached hydrogens (tertiary/aromatic N) is 1. The molecule has 0 aliphatic carbocycles. The lowest BCUT2D eigenvalue weighted by atomic mass is 10.1. The van der Waals surface area contributed by atoms with Gasteiger partial charge in [-0.2, -0.15) is 0 Å². The molecule has 0 spiro atoms. The second-order valence-corrected chi connectivity index (χ2v) is 4.51. The van der Waals surface area contributed by atoms with E-state index in [1.54, 1.807) is 36.4 Å². The molecule has 0 bridgehead atoms. The molecule has 0 saturated carbocycles. The third kappa shape index (κ3) is 3.15. The maximum absolute atomic E-state index is 13.8. The van der Waals surface area contributed by atoms with Gasteiger partial charge in [0.1, 0.15) is 5.82 Å². The lowest BCUT2D eigenvalue weighted by Gasteiger charge is -2.21. The fraction of sp³-hybridized carbons (Fsp3) is 0.188. The number of hydrogen-bond donors (Lipinski definition) is 1. The Hall–Kier alpha value is -2.36. The molecule has 0 fully saturated rings. The van der Waals surface area contributed by atoms with Crippen LogP contribution >= 0.6 is 0 Å². The number of rotatable bonds is 4. The van der Waals surface area contributed by atoms with E-state index in [4.69, 9.17) is 5.73 Å². The van der Waals surface area contributed by atoms with Crippen molar-refractivity contribution in [2.24, 2.45) is 0 Å². The zero-order chi connectivity index (χ0) is 14.5. The average molecular weight is 272 g/mol. The van der Waals surface area contributed by atoms with E-state index in [2.05, 4.69) is 0 Å². The number of nitrogens with two attached hydrogens (primary N) is 1. The quantitative estimate of drug-likeness (QED) is 0.870. The van der Waals surface area contributed by atoms with Crippen LogP contribution < -0.4 is 10.6 Å². The largest absolute Gasteiger partial charge is 0.399 e. The van der Waals surface area contributed by atoms with Gasteiger partial charge in [0.25, 0.3) is 0 Å². The van der Waals surface area contributed by atoms with Gasteiger partial charge in [-0.05, 0) is 36.8 Å². The third-order valence-electron chi connectivity index (χ3n) is 3.07. The van der Waals surface area contributed by atoms with Gasteiger partial charge in [0.2, 0.25) is 5.91 Å². The van der Waals surface area contributed by atoms with Crippen molar-refractivity contribution in [2.75, 3.05) is 17.2 Å². The van der Waals surface area contributed by atoms with E-state index in [9.17, 15) is 9.18 Å². The molecule has 0 unspecified atom stereocenters. The van der Waals surface area contributed by atoms with E-state index in [-0.39, 0.29) is 12.3 Å². The minimum Gasteiger partial charge on any atom is -0.399 e. The Morgan fingerprint density at radius 1 is 1.20 bits per heavy atom. The summed E-state index contributed by atoms with van der Waals surface area (Å²) in [5, 5.41) is 0. The fourth-order valence-corrected chi connectivity index (χ4v) is 2.12. The summed E-state index contributed by atoms with van der Waals surface area (Å²) in [4.78, 5) is 13.8. The lowest BCUT2D eigenvalue weighted by molar-refractivity contribution is -0.118. The van der Waals surface area contributed by atoms with Crippen LogP contribution in [0.5, 0.6) is 0 Å². The zero-order valence-electron chi connectivity index (χ0n) is 11.3. The number of benzene rings is 2. The number of likely N-dealkylation sites (N-methyl/N-ethyl adjacent to an activating group) is 1. The smallest absolute Gasteiger partial charge is 0.231 e. The summed E-state index contributed by atoms with van der Waals surface area (Å²) in [6.45, 7) is 2.24. The number of nitrogen functional groups attached to an aromatic ring is 1. The van der Waals surface area contributed by atoms with Gasteiger partial charge in [0, 0.05) is 12.2 Å². The van der Waals surface area contributed by atoms with E-state index >= 15 is 0 Å². The first kappa shape index (κ1) is 14.1. The maximum Gasteiger partial charge on any atom is 0.231 e. The fourth-order valence-electron chi connectivity index (χ4n) is 2.12. The standard InChI is InChI=1S/C16H17FN2O/c1-2-19(15-9-4-3-8-14(15)17)16(20)11-12-6-5-7-13(18)10-12/h3-10H,2,11,18H2,1H3. The summed E-state index contributed by atoms with van der Waals surface area (Å²) in [5.41, 5.74) is 7.44. The van der Waals surface area contributed by atoms with Gasteiger partial charge in [-0.25, -0.2) is 4.39 Å². The molecule has 0 radical (unpaired) electrons. The molecule has 0 aliphatic rings.